The van der Waals surface area contributed by atoms with Crippen LogP contribution in [0.2, 0.25) is 0 Å². The van der Waals surface area contributed by atoms with E-state index in [1.54, 1.807) is 27.9 Å². The van der Waals surface area contributed by atoms with Crippen molar-refractivity contribution in [2.45, 2.75) is 84.2 Å². The van der Waals surface area contributed by atoms with Gasteiger partial charge in [-0.2, -0.15) is 0 Å². The van der Waals surface area contributed by atoms with Crippen LogP contribution >= 0.6 is 0 Å². The molecule has 0 saturated carbocycles. The van der Waals surface area contributed by atoms with Crippen LogP contribution < -0.4 is 4.57 Å². The highest BCUT2D eigenvalue weighted by Crippen LogP contribution is 2.10. The minimum absolute atomic E-state index is 0.136. The van der Waals surface area contributed by atoms with E-state index in [2.05, 4.69) is 11.7 Å². The zero-order valence-corrected chi connectivity index (χ0v) is 16.5. The van der Waals surface area contributed by atoms with Gasteiger partial charge in [-0.3, -0.25) is 0 Å². The van der Waals surface area contributed by atoms with Crippen molar-refractivity contribution in [3.8, 4) is 0 Å². The Bertz CT molecular complexity index is 514. The number of unbranched alkanes of at least 4 members (excludes halogenated alkanes) is 9. The van der Waals surface area contributed by atoms with Gasteiger partial charge in [0.15, 0.2) is 13.1 Å². The highest BCUT2D eigenvalue weighted by Gasteiger charge is 2.12. The highest BCUT2D eigenvalue weighted by molar-refractivity contribution is 5.69. The number of nitrogens with zero attached hydrogens (tertiary/aromatic N) is 2. The Hall–Kier alpha value is -1.85. The number of ether oxygens (including phenoxy) is 2. The second-order valence-electron chi connectivity index (χ2n) is 6.74. The molecular weight excluding hydrogens is 332 g/mol. The zero-order chi connectivity index (χ0) is 19.0. The van der Waals surface area contributed by atoms with Crippen LogP contribution in [-0.4, -0.2) is 30.2 Å². The van der Waals surface area contributed by atoms with Gasteiger partial charge in [0.25, 0.3) is 0 Å². The van der Waals surface area contributed by atoms with Crippen LogP contribution in [0.25, 0.3) is 0 Å². The van der Waals surface area contributed by atoms with Crippen LogP contribution in [0, 0.1) is 0 Å². The third kappa shape index (κ3) is 10.9. The number of hydrogen-bond acceptors (Lipinski definition) is 4. The van der Waals surface area contributed by atoms with Gasteiger partial charge in [-0.1, -0.05) is 64.7 Å². The standard InChI is InChI=1S/C20H35N2O4/c1-3-4-5-6-7-8-9-10-11-12-15-26-20(24)17-22-14-13-21(18-22)16-19(23)25-2/h13-14,18H,3-12,15-17H2,1-2H3/q+1. The number of hydrogen-bond donors (Lipinski definition) is 0. The topological polar surface area (TPSA) is 61.4 Å². The first-order chi connectivity index (χ1) is 12.7. The summed E-state index contributed by atoms with van der Waals surface area (Å²) in [5.74, 6) is -0.571. The van der Waals surface area contributed by atoms with Crippen LogP contribution in [0.15, 0.2) is 18.7 Å². The van der Waals surface area contributed by atoms with E-state index in [9.17, 15) is 9.59 Å². The van der Waals surface area contributed by atoms with Gasteiger partial charge in [0.2, 0.25) is 6.33 Å². The molecule has 0 saturated heterocycles. The van der Waals surface area contributed by atoms with E-state index in [4.69, 9.17) is 4.74 Å². The van der Waals surface area contributed by atoms with E-state index in [-0.39, 0.29) is 25.0 Å². The van der Waals surface area contributed by atoms with Crippen molar-refractivity contribution in [3.63, 3.8) is 0 Å². The maximum absolute atomic E-state index is 11.8. The Morgan fingerprint density at radius 1 is 0.923 bits per heavy atom. The summed E-state index contributed by atoms with van der Waals surface area (Å²) in [7, 11) is 1.35. The van der Waals surface area contributed by atoms with Crippen LogP contribution in [0.3, 0.4) is 0 Å². The molecule has 26 heavy (non-hydrogen) atoms. The molecule has 1 rings (SSSR count). The molecule has 0 radical (unpaired) electrons. The van der Waals surface area contributed by atoms with E-state index < -0.39 is 0 Å². The maximum Gasteiger partial charge on any atom is 0.348 e. The summed E-state index contributed by atoms with van der Waals surface area (Å²) in [5.41, 5.74) is 0. The Morgan fingerprint density at radius 3 is 2.15 bits per heavy atom. The van der Waals surface area contributed by atoms with Gasteiger partial charge in [-0.05, 0) is 6.42 Å². The molecule has 0 atom stereocenters. The average molecular weight is 368 g/mol. The number of aromatic nitrogens is 2. The van der Waals surface area contributed by atoms with Crippen molar-refractivity contribution in [3.05, 3.63) is 18.7 Å². The smallest absolute Gasteiger partial charge is 0.348 e. The van der Waals surface area contributed by atoms with E-state index >= 15 is 0 Å². The molecule has 6 heteroatoms. The third-order valence-corrected chi connectivity index (χ3v) is 4.36. The number of methoxy groups -OCH3 is 1. The van der Waals surface area contributed by atoms with E-state index in [0.29, 0.717) is 6.61 Å². The Balaban J connectivity index is 1.99. The fourth-order valence-electron chi connectivity index (χ4n) is 2.81. The molecule has 0 aromatic carbocycles. The first-order valence-electron chi connectivity index (χ1n) is 9.93. The summed E-state index contributed by atoms with van der Waals surface area (Å²) >= 11 is 0. The third-order valence-electron chi connectivity index (χ3n) is 4.36. The Kier molecular flexibility index (Phi) is 12.2. The van der Waals surface area contributed by atoms with Gasteiger partial charge in [-0.15, -0.1) is 0 Å². The highest BCUT2D eigenvalue weighted by atomic mass is 16.5. The minimum Gasteiger partial charge on any atom is -0.466 e. The average Bonchev–Trinajstić information content (AvgIpc) is 3.06. The monoisotopic (exact) mass is 367 g/mol. The van der Waals surface area contributed by atoms with Gasteiger partial charge in [-0.25, -0.2) is 18.7 Å². The predicted octanol–water partition coefficient (Wildman–Crippen LogP) is 3.41. The number of carbonyl (C=O) groups is 2. The van der Waals surface area contributed by atoms with Gasteiger partial charge < -0.3 is 9.47 Å². The summed E-state index contributed by atoms with van der Waals surface area (Å²) in [4.78, 5) is 23.0. The second kappa shape index (κ2) is 14.3. The number of rotatable bonds is 15. The fourth-order valence-corrected chi connectivity index (χ4v) is 2.81. The zero-order valence-electron chi connectivity index (χ0n) is 16.5. The molecule has 0 aliphatic rings. The van der Waals surface area contributed by atoms with Crippen molar-refractivity contribution in [2.24, 2.45) is 0 Å². The first kappa shape index (κ1) is 22.2. The first-order valence-corrected chi connectivity index (χ1v) is 9.93. The molecule has 0 N–H and O–H groups in total. The lowest BCUT2D eigenvalue weighted by Crippen LogP contribution is -2.37. The van der Waals surface area contributed by atoms with Crippen LogP contribution in [0.4, 0.5) is 0 Å². The largest absolute Gasteiger partial charge is 0.466 e. The lowest BCUT2D eigenvalue weighted by atomic mass is 10.1. The minimum atomic E-state index is -0.323. The Morgan fingerprint density at radius 2 is 1.54 bits per heavy atom. The molecule has 0 bridgehead atoms. The molecule has 1 heterocycles. The molecule has 0 spiro atoms. The summed E-state index contributed by atoms with van der Waals surface area (Å²) < 4.78 is 13.2. The van der Waals surface area contributed by atoms with Crippen molar-refractivity contribution >= 4 is 11.9 Å². The van der Waals surface area contributed by atoms with Crippen molar-refractivity contribution < 1.29 is 23.6 Å². The van der Waals surface area contributed by atoms with Gasteiger partial charge in [0.1, 0.15) is 12.4 Å². The van der Waals surface area contributed by atoms with Gasteiger partial charge in [0, 0.05) is 0 Å². The molecule has 0 unspecified atom stereocenters. The van der Waals surface area contributed by atoms with Crippen LogP contribution in [0.5, 0.6) is 0 Å². The van der Waals surface area contributed by atoms with E-state index in [0.717, 1.165) is 12.8 Å². The molecule has 0 amide bonds. The van der Waals surface area contributed by atoms with Crippen molar-refractivity contribution in [2.75, 3.05) is 13.7 Å². The van der Waals surface area contributed by atoms with E-state index in [1.807, 2.05) is 0 Å². The number of esters is 2. The fraction of sp³-hybridized carbons (Fsp3) is 0.750. The summed E-state index contributed by atoms with van der Waals surface area (Å²) in [5, 5.41) is 0. The number of imidazole rings is 1. The van der Waals surface area contributed by atoms with Gasteiger partial charge in [0.05, 0.1) is 13.7 Å². The van der Waals surface area contributed by atoms with Crippen molar-refractivity contribution in [1.29, 1.82) is 0 Å². The molecule has 6 nitrogen and oxygen atoms in total. The second-order valence-corrected chi connectivity index (χ2v) is 6.74. The molecule has 0 aliphatic heterocycles. The predicted molar refractivity (Wildman–Crippen MR) is 99.4 cm³/mol. The van der Waals surface area contributed by atoms with Crippen molar-refractivity contribution in [1.82, 2.24) is 4.57 Å². The van der Waals surface area contributed by atoms with E-state index in [1.165, 1.54) is 58.5 Å². The Labute approximate surface area is 157 Å². The molecule has 148 valence electrons. The number of carbonyl (C=O) groups excluding carboxylic acids is 2. The maximum atomic E-state index is 11.8. The molecular formula is C20H35N2O4+. The van der Waals surface area contributed by atoms with Crippen LogP contribution in [-0.2, 0) is 32.2 Å². The van der Waals surface area contributed by atoms with Crippen LogP contribution in [0.1, 0.15) is 71.1 Å². The quantitative estimate of drug-likeness (QED) is 0.271. The van der Waals surface area contributed by atoms with Gasteiger partial charge >= 0.3 is 11.9 Å². The summed E-state index contributed by atoms with van der Waals surface area (Å²) in [6.45, 7) is 3.02. The molecule has 0 aliphatic carbocycles. The summed E-state index contributed by atoms with van der Waals surface area (Å²) in [6.07, 6.45) is 17.8. The summed E-state index contributed by atoms with van der Waals surface area (Å²) in [6, 6.07) is 0. The SMILES string of the molecule is CCCCCCCCCCCCOC(=O)C[n+]1ccn(CC(=O)OC)c1. The normalized spacial score (nSPS) is 10.7. The lowest BCUT2D eigenvalue weighted by Gasteiger charge is -2.04. The molecule has 0 fully saturated rings. The molecule has 1 aromatic rings. The molecule has 1 aromatic heterocycles. The lowest BCUT2D eigenvalue weighted by molar-refractivity contribution is -0.685.